The standard InChI is InChI=1S/C15H17N3O3S/c1-11-9-12(6-7-14(11)18-22(2,20)21)15(19)17-10-13-5-3-4-8-16-13/h3-9,18H,10H2,1-2H3,(H,17,19). The van der Waals surface area contributed by atoms with Gasteiger partial charge in [0.15, 0.2) is 0 Å². The lowest BCUT2D eigenvalue weighted by Gasteiger charge is -2.10. The highest BCUT2D eigenvalue weighted by Crippen LogP contribution is 2.17. The summed E-state index contributed by atoms with van der Waals surface area (Å²) in [5.74, 6) is -0.236. The van der Waals surface area contributed by atoms with E-state index in [9.17, 15) is 13.2 Å². The number of rotatable bonds is 5. The number of aryl methyl sites for hydroxylation is 1. The van der Waals surface area contributed by atoms with Crippen molar-refractivity contribution in [1.82, 2.24) is 10.3 Å². The molecule has 0 saturated carbocycles. The van der Waals surface area contributed by atoms with Crippen molar-refractivity contribution in [2.24, 2.45) is 0 Å². The summed E-state index contributed by atoms with van der Waals surface area (Å²) in [6.07, 6.45) is 2.75. The van der Waals surface area contributed by atoms with Gasteiger partial charge in [0.25, 0.3) is 5.91 Å². The van der Waals surface area contributed by atoms with Crippen LogP contribution in [0.15, 0.2) is 42.6 Å². The Balaban J connectivity index is 2.06. The van der Waals surface area contributed by atoms with Crippen molar-refractivity contribution < 1.29 is 13.2 Å². The first-order valence-electron chi connectivity index (χ1n) is 6.62. The number of pyridine rings is 1. The van der Waals surface area contributed by atoms with E-state index >= 15 is 0 Å². The molecule has 2 N–H and O–H groups in total. The summed E-state index contributed by atoms with van der Waals surface area (Å²) in [5, 5.41) is 2.77. The molecule has 0 saturated heterocycles. The molecule has 0 aliphatic rings. The molecule has 2 rings (SSSR count). The smallest absolute Gasteiger partial charge is 0.251 e. The summed E-state index contributed by atoms with van der Waals surface area (Å²) in [7, 11) is -3.34. The van der Waals surface area contributed by atoms with Crippen LogP contribution in [0.5, 0.6) is 0 Å². The largest absolute Gasteiger partial charge is 0.346 e. The zero-order valence-corrected chi connectivity index (χ0v) is 13.1. The number of nitrogens with one attached hydrogen (secondary N) is 2. The maximum absolute atomic E-state index is 12.1. The van der Waals surface area contributed by atoms with Crippen LogP contribution in [0.1, 0.15) is 21.6 Å². The van der Waals surface area contributed by atoms with Gasteiger partial charge in [0.05, 0.1) is 24.2 Å². The highest BCUT2D eigenvalue weighted by molar-refractivity contribution is 7.92. The summed E-state index contributed by atoms with van der Waals surface area (Å²) in [6, 6.07) is 10.3. The molecule has 0 bridgehead atoms. The number of carbonyl (C=O) groups is 1. The van der Waals surface area contributed by atoms with Gasteiger partial charge in [0.1, 0.15) is 0 Å². The number of aromatic nitrogens is 1. The number of sulfonamides is 1. The normalized spacial score (nSPS) is 11.0. The van der Waals surface area contributed by atoms with E-state index in [0.29, 0.717) is 23.4 Å². The van der Waals surface area contributed by atoms with E-state index in [-0.39, 0.29) is 5.91 Å². The molecule has 0 spiro atoms. The van der Waals surface area contributed by atoms with Gasteiger partial charge in [-0.1, -0.05) is 6.07 Å². The highest BCUT2D eigenvalue weighted by Gasteiger charge is 2.10. The number of benzene rings is 1. The topological polar surface area (TPSA) is 88.2 Å². The van der Waals surface area contributed by atoms with Crippen LogP contribution in [-0.4, -0.2) is 25.6 Å². The van der Waals surface area contributed by atoms with Gasteiger partial charge in [-0.25, -0.2) is 8.42 Å². The van der Waals surface area contributed by atoms with E-state index in [2.05, 4.69) is 15.0 Å². The van der Waals surface area contributed by atoms with Crippen LogP contribution >= 0.6 is 0 Å². The SMILES string of the molecule is Cc1cc(C(=O)NCc2ccccn2)ccc1NS(C)(=O)=O. The molecule has 0 fully saturated rings. The number of amides is 1. The molecule has 7 heteroatoms. The Morgan fingerprint density at radius 1 is 1.23 bits per heavy atom. The average molecular weight is 319 g/mol. The van der Waals surface area contributed by atoms with Gasteiger partial charge in [0, 0.05) is 11.8 Å². The monoisotopic (exact) mass is 319 g/mol. The molecule has 0 aliphatic carbocycles. The van der Waals surface area contributed by atoms with Gasteiger partial charge in [-0.05, 0) is 42.8 Å². The Hall–Kier alpha value is -2.41. The zero-order chi connectivity index (χ0) is 16.2. The van der Waals surface area contributed by atoms with Gasteiger partial charge in [-0.3, -0.25) is 14.5 Å². The minimum Gasteiger partial charge on any atom is -0.346 e. The molecule has 2 aromatic rings. The minimum absolute atomic E-state index is 0.236. The molecule has 0 aliphatic heterocycles. The van der Waals surface area contributed by atoms with E-state index in [1.807, 2.05) is 18.2 Å². The fourth-order valence-corrected chi connectivity index (χ4v) is 2.52. The van der Waals surface area contributed by atoms with Crippen LogP contribution in [0, 0.1) is 6.92 Å². The second kappa shape index (κ2) is 6.57. The van der Waals surface area contributed by atoms with Gasteiger partial charge >= 0.3 is 0 Å². The fourth-order valence-electron chi connectivity index (χ4n) is 1.89. The van der Waals surface area contributed by atoms with Gasteiger partial charge in [0.2, 0.25) is 10.0 Å². The van der Waals surface area contributed by atoms with Crippen molar-refractivity contribution in [1.29, 1.82) is 0 Å². The minimum atomic E-state index is -3.34. The molecular weight excluding hydrogens is 302 g/mol. The maximum Gasteiger partial charge on any atom is 0.251 e. The third-order valence-electron chi connectivity index (χ3n) is 2.94. The van der Waals surface area contributed by atoms with Crippen molar-refractivity contribution in [2.45, 2.75) is 13.5 Å². The number of anilines is 1. The molecule has 6 nitrogen and oxygen atoms in total. The van der Waals surface area contributed by atoms with Crippen molar-refractivity contribution >= 4 is 21.6 Å². The van der Waals surface area contributed by atoms with Gasteiger partial charge in [-0.15, -0.1) is 0 Å². The van der Waals surface area contributed by atoms with Gasteiger partial charge in [-0.2, -0.15) is 0 Å². The second-order valence-electron chi connectivity index (χ2n) is 4.91. The Bertz CT molecular complexity index is 774. The lowest BCUT2D eigenvalue weighted by molar-refractivity contribution is 0.0950. The molecule has 1 heterocycles. The van der Waals surface area contributed by atoms with Crippen molar-refractivity contribution in [3.8, 4) is 0 Å². The maximum atomic E-state index is 12.1. The first-order chi connectivity index (χ1) is 10.3. The van der Waals surface area contributed by atoms with Gasteiger partial charge < -0.3 is 5.32 Å². The van der Waals surface area contributed by atoms with Crippen LogP contribution in [0.25, 0.3) is 0 Å². The lowest BCUT2D eigenvalue weighted by Crippen LogP contribution is -2.23. The zero-order valence-electron chi connectivity index (χ0n) is 12.3. The summed E-state index contributed by atoms with van der Waals surface area (Å²) in [6.45, 7) is 2.07. The van der Waals surface area contributed by atoms with E-state index < -0.39 is 10.0 Å². The van der Waals surface area contributed by atoms with Crippen molar-refractivity contribution in [3.63, 3.8) is 0 Å². The van der Waals surface area contributed by atoms with Crippen LogP contribution in [0.2, 0.25) is 0 Å². The van der Waals surface area contributed by atoms with E-state index in [4.69, 9.17) is 0 Å². The third-order valence-corrected chi connectivity index (χ3v) is 3.53. The lowest BCUT2D eigenvalue weighted by atomic mass is 10.1. The molecule has 1 amide bonds. The number of nitrogens with zero attached hydrogens (tertiary/aromatic N) is 1. The highest BCUT2D eigenvalue weighted by atomic mass is 32.2. The molecular formula is C15H17N3O3S. The second-order valence-corrected chi connectivity index (χ2v) is 6.66. The first-order valence-corrected chi connectivity index (χ1v) is 8.51. The average Bonchev–Trinajstić information content (AvgIpc) is 2.46. The Labute approximate surface area is 129 Å². The molecule has 116 valence electrons. The van der Waals surface area contributed by atoms with Crippen molar-refractivity contribution in [3.05, 3.63) is 59.4 Å². The van der Waals surface area contributed by atoms with Crippen LogP contribution in [0.4, 0.5) is 5.69 Å². The summed E-state index contributed by atoms with van der Waals surface area (Å²) < 4.78 is 24.9. The number of hydrogen-bond acceptors (Lipinski definition) is 4. The molecule has 0 unspecified atom stereocenters. The van der Waals surface area contributed by atoms with E-state index in [1.165, 1.54) is 0 Å². The van der Waals surface area contributed by atoms with E-state index in [1.54, 1.807) is 31.3 Å². The number of carbonyl (C=O) groups excluding carboxylic acids is 1. The fraction of sp³-hybridized carbons (Fsp3) is 0.200. The third kappa shape index (κ3) is 4.56. The summed E-state index contributed by atoms with van der Waals surface area (Å²) in [4.78, 5) is 16.2. The molecule has 22 heavy (non-hydrogen) atoms. The first kappa shape index (κ1) is 16.0. The predicted octanol–water partition coefficient (Wildman–Crippen LogP) is 1.69. The Kier molecular flexibility index (Phi) is 4.77. The van der Waals surface area contributed by atoms with Crippen LogP contribution in [0.3, 0.4) is 0 Å². The summed E-state index contributed by atoms with van der Waals surface area (Å²) in [5.41, 5.74) is 2.37. The van der Waals surface area contributed by atoms with Crippen LogP contribution in [-0.2, 0) is 16.6 Å². The molecule has 1 aromatic carbocycles. The van der Waals surface area contributed by atoms with E-state index in [0.717, 1.165) is 11.9 Å². The Morgan fingerprint density at radius 2 is 2.00 bits per heavy atom. The van der Waals surface area contributed by atoms with Crippen molar-refractivity contribution in [2.75, 3.05) is 11.0 Å². The summed E-state index contributed by atoms with van der Waals surface area (Å²) >= 11 is 0. The number of hydrogen-bond donors (Lipinski definition) is 2. The molecule has 1 aromatic heterocycles. The molecule has 0 atom stereocenters. The predicted molar refractivity (Wildman–Crippen MR) is 85.1 cm³/mol. The van der Waals surface area contributed by atoms with Crippen LogP contribution < -0.4 is 10.0 Å². The Morgan fingerprint density at radius 3 is 2.59 bits per heavy atom. The molecule has 0 radical (unpaired) electrons. The quantitative estimate of drug-likeness (QED) is 0.878.